The smallest absolute Gasteiger partial charge is 0.213 e. The third kappa shape index (κ3) is 4.82. The molecule has 0 atom stereocenters. The van der Waals surface area contributed by atoms with Crippen LogP contribution in [-0.4, -0.2) is 24.2 Å². The lowest BCUT2D eigenvalue weighted by Crippen LogP contribution is -1.87. The van der Waals surface area contributed by atoms with E-state index in [9.17, 15) is 0 Å². The zero-order chi connectivity index (χ0) is 13.4. The van der Waals surface area contributed by atoms with Gasteiger partial charge in [0.15, 0.2) is 0 Å². The standard InChI is InChI=1S/2C7H9NO/c1-6-3-4-7(9-2)5-8-6;1-6-4-3-5-7(8-6)9-2/h2*3-5H,1-2H3. The first-order valence-electron chi connectivity index (χ1n) is 5.60. The highest BCUT2D eigenvalue weighted by Gasteiger charge is 1.88. The fourth-order valence-corrected chi connectivity index (χ4v) is 1.21. The highest BCUT2D eigenvalue weighted by atomic mass is 16.5. The quantitative estimate of drug-likeness (QED) is 0.817. The Morgan fingerprint density at radius 1 is 0.889 bits per heavy atom. The third-order valence-corrected chi connectivity index (χ3v) is 2.19. The van der Waals surface area contributed by atoms with E-state index in [0.29, 0.717) is 5.88 Å². The summed E-state index contributed by atoms with van der Waals surface area (Å²) in [5.41, 5.74) is 1.99. The Hall–Kier alpha value is -2.10. The predicted octanol–water partition coefficient (Wildman–Crippen LogP) is 2.80. The predicted molar refractivity (Wildman–Crippen MR) is 71.1 cm³/mol. The normalized spacial score (nSPS) is 9.11. The average Bonchev–Trinajstić information content (AvgIpc) is 2.40. The van der Waals surface area contributed by atoms with Crippen molar-refractivity contribution >= 4 is 0 Å². The number of aryl methyl sites for hydroxylation is 2. The SMILES string of the molecule is COc1ccc(C)nc1.COc1cccc(C)n1. The van der Waals surface area contributed by atoms with Crippen molar-refractivity contribution in [1.29, 1.82) is 0 Å². The van der Waals surface area contributed by atoms with Gasteiger partial charge in [0.1, 0.15) is 5.75 Å². The molecule has 0 fully saturated rings. The first-order chi connectivity index (χ1) is 8.65. The summed E-state index contributed by atoms with van der Waals surface area (Å²) in [4.78, 5) is 8.09. The van der Waals surface area contributed by atoms with E-state index >= 15 is 0 Å². The number of nitrogens with zero attached hydrogens (tertiary/aromatic N) is 2. The van der Waals surface area contributed by atoms with Crippen molar-refractivity contribution in [1.82, 2.24) is 9.97 Å². The molecule has 0 spiro atoms. The topological polar surface area (TPSA) is 44.2 Å². The Labute approximate surface area is 108 Å². The number of aromatic nitrogens is 2. The maximum absolute atomic E-state index is 4.91. The maximum Gasteiger partial charge on any atom is 0.213 e. The van der Waals surface area contributed by atoms with E-state index in [2.05, 4.69) is 9.97 Å². The lowest BCUT2D eigenvalue weighted by Gasteiger charge is -1.96. The minimum atomic E-state index is 0.676. The van der Waals surface area contributed by atoms with Gasteiger partial charge >= 0.3 is 0 Å². The highest BCUT2D eigenvalue weighted by Crippen LogP contribution is 2.06. The van der Waals surface area contributed by atoms with E-state index in [4.69, 9.17) is 9.47 Å². The molecule has 0 aromatic carbocycles. The molecule has 0 aliphatic carbocycles. The summed E-state index contributed by atoms with van der Waals surface area (Å²) in [6.45, 7) is 3.88. The maximum atomic E-state index is 4.91. The van der Waals surface area contributed by atoms with Crippen molar-refractivity contribution in [3.05, 3.63) is 47.9 Å². The molecule has 0 aliphatic heterocycles. The van der Waals surface area contributed by atoms with Gasteiger partial charge < -0.3 is 9.47 Å². The lowest BCUT2D eigenvalue weighted by atomic mass is 10.4. The summed E-state index contributed by atoms with van der Waals surface area (Å²) in [6.07, 6.45) is 1.70. The van der Waals surface area contributed by atoms with Gasteiger partial charge in [0.05, 0.1) is 20.4 Å². The van der Waals surface area contributed by atoms with Crippen LogP contribution in [0, 0.1) is 13.8 Å². The van der Waals surface area contributed by atoms with E-state index in [0.717, 1.165) is 17.1 Å². The molecule has 2 rings (SSSR count). The molecule has 2 heterocycles. The van der Waals surface area contributed by atoms with Crippen LogP contribution in [0.5, 0.6) is 11.6 Å². The highest BCUT2D eigenvalue weighted by molar-refractivity contribution is 5.18. The lowest BCUT2D eigenvalue weighted by molar-refractivity contribution is 0.397. The van der Waals surface area contributed by atoms with Crippen LogP contribution >= 0.6 is 0 Å². The van der Waals surface area contributed by atoms with Gasteiger partial charge in [0.25, 0.3) is 0 Å². The van der Waals surface area contributed by atoms with E-state index in [1.165, 1.54) is 0 Å². The largest absolute Gasteiger partial charge is 0.495 e. The molecule has 0 saturated carbocycles. The van der Waals surface area contributed by atoms with Crippen LogP contribution in [0.2, 0.25) is 0 Å². The van der Waals surface area contributed by atoms with E-state index in [-0.39, 0.29) is 0 Å². The van der Waals surface area contributed by atoms with Crippen LogP contribution in [0.15, 0.2) is 36.5 Å². The van der Waals surface area contributed by atoms with Crippen molar-refractivity contribution in [2.75, 3.05) is 14.2 Å². The number of ether oxygens (including phenoxy) is 2. The number of hydrogen-bond donors (Lipinski definition) is 0. The van der Waals surface area contributed by atoms with E-state index < -0.39 is 0 Å². The zero-order valence-corrected chi connectivity index (χ0v) is 11.2. The van der Waals surface area contributed by atoms with Crippen LogP contribution in [0.25, 0.3) is 0 Å². The second-order valence-corrected chi connectivity index (χ2v) is 3.66. The van der Waals surface area contributed by atoms with E-state index in [1.807, 2.05) is 44.2 Å². The van der Waals surface area contributed by atoms with Crippen molar-refractivity contribution in [2.45, 2.75) is 13.8 Å². The molecule has 0 radical (unpaired) electrons. The van der Waals surface area contributed by atoms with Crippen LogP contribution in [-0.2, 0) is 0 Å². The molecule has 4 nitrogen and oxygen atoms in total. The summed E-state index contributed by atoms with van der Waals surface area (Å²) < 4.78 is 9.79. The number of rotatable bonds is 2. The van der Waals surface area contributed by atoms with Crippen LogP contribution in [0.4, 0.5) is 0 Å². The number of pyridine rings is 2. The minimum Gasteiger partial charge on any atom is -0.495 e. The summed E-state index contributed by atoms with van der Waals surface area (Å²) in [5.74, 6) is 1.48. The molecule has 0 amide bonds. The molecule has 4 heteroatoms. The Balaban J connectivity index is 0.000000180. The molecule has 2 aromatic heterocycles. The van der Waals surface area contributed by atoms with Gasteiger partial charge in [-0.15, -0.1) is 0 Å². The number of hydrogen-bond acceptors (Lipinski definition) is 4. The molecule has 96 valence electrons. The van der Waals surface area contributed by atoms with E-state index in [1.54, 1.807) is 20.4 Å². The van der Waals surface area contributed by atoms with Gasteiger partial charge in [-0.25, -0.2) is 4.98 Å². The van der Waals surface area contributed by atoms with Gasteiger partial charge in [-0.1, -0.05) is 6.07 Å². The summed E-state index contributed by atoms with van der Waals surface area (Å²) in [6, 6.07) is 9.48. The van der Waals surface area contributed by atoms with Gasteiger partial charge in [-0.3, -0.25) is 4.98 Å². The zero-order valence-electron chi connectivity index (χ0n) is 11.2. The van der Waals surface area contributed by atoms with Crippen molar-refractivity contribution in [2.24, 2.45) is 0 Å². The molecule has 18 heavy (non-hydrogen) atoms. The van der Waals surface area contributed by atoms with Gasteiger partial charge in [0, 0.05) is 17.5 Å². The van der Waals surface area contributed by atoms with Crippen molar-refractivity contribution < 1.29 is 9.47 Å². The molecule has 2 aromatic rings. The molecule has 0 N–H and O–H groups in total. The molecular weight excluding hydrogens is 228 g/mol. The summed E-state index contributed by atoms with van der Waals surface area (Å²) >= 11 is 0. The van der Waals surface area contributed by atoms with Crippen LogP contribution < -0.4 is 9.47 Å². The molecule has 0 saturated heterocycles. The second kappa shape index (κ2) is 7.27. The third-order valence-electron chi connectivity index (χ3n) is 2.19. The monoisotopic (exact) mass is 246 g/mol. The Morgan fingerprint density at radius 2 is 1.67 bits per heavy atom. The second-order valence-electron chi connectivity index (χ2n) is 3.66. The van der Waals surface area contributed by atoms with Gasteiger partial charge in [-0.05, 0) is 32.0 Å². The van der Waals surface area contributed by atoms with Gasteiger partial charge in [0.2, 0.25) is 5.88 Å². The Bertz CT molecular complexity index is 469. The number of methoxy groups -OCH3 is 2. The van der Waals surface area contributed by atoms with Crippen LogP contribution in [0.3, 0.4) is 0 Å². The first-order valence-corrected chi connectivity index (χ1v) is 5.60. The molecule has 0 aliphatic rings. The summed E-state index contributed by atoms with van der Waals surface area (Å²) in [7, 11) is 3.24. The molecular formula is C14H18N2O2. The Morgan fingerprint density at radius 3 is 2.11 bits per heavy atom. The van der Waals surface area contributed by atoms with Gasteiger partial charge in [-0.2, -0.15) is 0 Å². The minimum absolute atomic E-state index is 0.676. The molecule has 0 unspecified atom stereocenters. The van der Waals surface area contributed by atoms with Crippen molar-refractivity contribution in [3.8, 4) is 11.6 Å². The first kappa shape index (κ1) is 14.0. The average molecular weight is 246 g/mol. The fraction of sp³-hybridized carbons (Fsp3) is 0.286. The fourth-order valence-electron chi connectivity index (χ4n) is 1.21. The van der Waals surface area contributed by atoms with Crippen LogP contribution in [0.1, 0.15) is 11.4 Å². The summed E-state index contributed by atoms with van der Waals surface area (Å²) in [5, 5.41) is 0. The van der Waals surface area contributed by atoms with Crippen molar-refractivity contribution in [3.63, 3.8) is 0 Å². The molecule has 0 bridgehead atoms. The Kier molecular flexibility index (Phi) is 5.64.